The van der Waals surface area contributed by atoms with E-state index in [4.69, 9.17) is 15.7 Å². The Kier molecular flexibility index (Phi) is 4.75. The molecule has 0 amide bonds. The van der Waals surface area contributed by atoms with Crippen LogP contribution in [0, 0.1) is 11.3 Å². The van der Waals surface area contributed by atoms with Gasteiger partial charge in [0.15, 0.2) is 0 Å². The number of hydrogen-bond donors (Lipinski definition) is 1. The van der Waals surface area contributed by atoms with E-state index < -0.39 is 16.1 Å². The molecule has 1 aromatic carbocycles. The van der Waals surface area contributed by atoms with Gasteiger partial charge < -0.3 is 10.5 Å². The minimum Gasteiger partial charge on any atom is -0.495 e. The Morgan fingerprint density at radius 2 is 2.16 bits per heavy atom. The Morgan fingerprint density at radius 3 is 2.68 bits per heavy atom. The monoisotopic (exact) mass is 283 g/mol. The lowest BCUT2D eigenvalue weighted by molar-refractivity contribution is 0.379. The van der Waals surface area contributed by atoms with Crippen LogP contribution in [0.2, 0.25) is 0 Å². The summed E-state index contributed by atoms with van der Waals surface area (Å²) in [5.74, 6) is 0.227. The number of nitrogen functional groups attached to an aromatic ring is 1. The van der Waals surface area contributed by atoms with Crippen molar-refractivity contribution in [1.29, 1.82) is 5.26 Å². The van der Waals surface area contributed by atoms with Crippen LogP contribution >= 0.6 is 0 Å². The van der Waals surface area contributed by atoms with E-state index in [-0.39, 0.29) is 17.1 Å². The largest absolute Gasteiger partial charge is 0.495 e. The third kappa shape index (κ3) is 3.16. The predicted octanol–water partition coefficient (Wildman–Crippen LogP) is 1.20. The van der Waals surface area contributed by atoms with Gasteiger partial charge in [-0.2, -0.15) is 9.57 Å². The zero-order chi connectivity index (χ0) is 14.6. The first-order valence-electron chi connectivity index (χ1n) is 5.63. The number of hydrogen-bond acceptors (Lipinski definition) is 5. The molecule has 0 radical (unpaired) electrons. The number of ether oxygens (including phenoxy) is 1. The molecular weight excluding hydrogens is 266 g/mol. The molecular formula is C12H17N3O3S. The van der Waals surface area contributed by atoms with Gasteiger partial charge in [0, 0.05) is 18.8 Å². The van der Waals surface area contributed by atoms with Gasteiger partial charge in [-0.1, -0.05) is 0 Å². The molecule has 7 heteroatoms. The second-order valence-electron chi connectivity index (χ2n) is 4.14. The highest BCUT2D eigenvalue weighted by molar-refractivity contribution is 7.89. The van der Waals surface area contributed by atoms with E-state index >= 15 is 0 Å². The molecule has 0 aromatic heterocycles. The van der Waals surface area contributed by atoms with Crippen LogP contribution in [0.4, 0.5) is 5.69 Å². The van der Waals surface area contributed by atoms with Crippen molar-refractivity contribution >= 4 is 15.7 Å². The summed E-state index contributed by atoms with van der Waals surface area (Å²) in [7, 11) is -0.926. The van der Waals surface area contributed by atoms with Crippen LogP contribution in [-0.4, -0.2) is 32.9 Å². The number of nitrogens with two attached hydrogens (primary N) is 1. The summed E-state index contributed by atoms with van der Waals surface area (Å²) in [6, 6.07) is 5.94. The molecule has 0 spiro atoms. The molecule has 0 saturated heterocycles. The van der Waals surface area contributed by atoms with Crippen molar-refractivity contribution in [2.24, 2.45) is 0 Å². The van der Waals surface area contributed by atoms with Crippen LogP contribution in [0.25, 0.3) is 0 Å². The zero-order valence-corrected chi connectivity index (χ0v) is 11.9. The van der Waals surface area contributed by atoms with Gasteiger partial charge >= 0.3 is 0 Å². The Bertz CT molecular complexity index is 593. The second-order valence-corrected chi connectivity index (χ2v) is 6.11. The standard InChI is InChI=1S/C12H17N3O3S/c1-9(6-7-13)15(2)19(16,17)12-8-10(14)4-5-11(12)18-3/h4-5,8-9H,6,14H2,1-3H3. The van der Waals surface area contributed by atoms with E-state index in [0.717, 1.165) is 4.31 Å². The molecule has 0 bridgehead atoms. The molecule has 0 aliphatic rings. The average Bonchev–Trinajstić information content (AvgIpc) is 2.38. The van der Waals surface area contributed by atoms with Crippen LogP contribution in [0.3, 0.4) is 0 Å². The molecule has 104 valence electrons. The smallest absolute Gasteiger partial charge is 0.246 e. The SMILES string of the molecule is COc1ccc(N)cc1S(=O)(=O)N(C)C(C)CC#N. The second kappa shape index (κ2) is 5.91. The molecule has 1 aromatic rings. The summed E-state index contributed by atoms with van der Waals surface area (Å²) in [6.07, 6.45) is 0.111. The number of methoxy groups -OCH3 is 1. The number of nitrogens with zero attached hydrogens (tertiary/aromatic N) is 2. The van der Waals surface area contributed by atoms with Gasteiger partial charge in [-0.05, 0) is 25.1 Å². The summed E-state index contributed by atoms with van der Waals surface area (Å²) < 4.78 is 31.1. The first-order chi connectivity index (χ1) is 8.84. The lowest BCUT2D eigenvalue weighted by atomic mass is 10.3. The Hall–Kier alpha value is -1.78. The van der Waals surface area contributed by atoms with Crippen molar-refractivity contribution in [1.82, 2.24) is 4.31 Å². The van der Waals surface area contributed by atoms with E-state index in [2.05, 4.69) is 0 Å². The van der Waals surface area contributed by atoms with Gasteiger partial charge in [0.05, 0.1) is 19.6 Å². The van der Waals surface area contributed by atoms with E-state index in [9.17, 15) is 8.42 Å². The maximum Gasteiger partial charge on any atom is 0.246 e. The molecule has 0 aliphatic heterocycles. The third-order valence-corrected chi connectivity index (χ3v) is 4.85. The quantitative estimate of drug-likeness (QED) is 0.819. The van der Waals surface area contributed by atoms with E-state index in [0.29, 0.717) is 5.69 Å². The van der Waals surface area contributed by atoms with Gasteiger partial charge in [0.1, 0.15) is 10.6 Å². The van der Waals surface area contributed by atoms with Gasteiger partial charge in [-0.3, -0.25) is 0 Å². The topological polar surface area (TPSA) is 96.4 Å². The fraction of sp³-hybridized carbons (Fsp3) is 0.417. The first kappa shape index (κ1) is 15.3. The molecule has 0 fully saturated rings. The minimum atomic E-state index is -3.75. The summed E-state index contributed by atoms with van der Waals surface area (Å²) >= 11 is 0. The number of benzene rings is 1. The van der Waals surface area contributed by atoms with Crippen LogP contribution in [-0.2, 0) is 10.0 Å². The molecule has 1 unspecified atom stereocenters. The molecule has 1 rings (SSSR count). The Balaban J connectivity index is 3.27. The molecule has 1 atom stereocenters. The summed E-state index contributed by atoms with van der Waals surface area (Å²) in [6.45, 7) is 1.67. The summed E-state index contributed by atoms with van der Waals surface area (Å²) in [5.41, 5.74) is 5.96. The Morgan fingerprint density at radius 1 is 1.53 bits per heavy atom. The van der Waals surface area contributed by atoms with Crippen molar-refractivity contribution in [3.63, 3.8) is 0 Å². The Labute approximate surface area is 113 Å². The average molecular weight is 283 g/mol. The van der Waals surface area contributed by atoms with Gasteiger partial charge in [0.2, 0.25) is 10.0 Å². The van der Waals surface area contributed by atoms with Gasteiger partial charge in [0.25, 0.3) is 0 Å². The minimum absolute atomic E-state index is 0.00212. The normalized spacial score (nSPS) is 13.0. The summed E-state index contributed by atoms with van der Waals surface area (Å²) in [4.78, 5) is 0.00212. The third-order valence-electron chi connectivity index (χ3n) is 2.85. The predicted molar refractivity (Wildman–Crippen MR) is 72.0 cm³/mol. The molecule has 6 nitrogen and oxygen atoms in total. The molecule has 2 N–H and O–H groups in total. The maximum atomic E-state index is 12.5. The van der Waals surface area contributed by atoms with Crippen molar-refractivity contribution in [2.75, 3.05) is 19.9 Å². The number of anilines is 1. The van der Waals surface area contributed by atoms with Crippen molar-refractivity contribution in [3.8, 4) is 11.8 Å². The lowest BCUT2D eigenvalue weighted by Gasteiger charge is -2.23. The van der Waals surface area contributed by atoms with Gasteiger partial charge in [-0.15, -0.1) is 0 Å². The van der Waals surface area contributed by atoms with Crippen LogP contribution in [0.5, 0.6) is 5.75 Å². The van der Waals surface area contributed by atoms with E-state index in [1.165, 1.54) is 26.3 Å². The fourth-order valence-electron chi connectivity index (χ4n) is 1.55. The molecule has 0 saturated carbocycles. The molecule has 19 heavy (non-hydrogen) atoms. The van der Waals surface area contributed by atoms with Crippen molar-refractivity contribution < 1.29 is 13.2 Å². The van der Waals surface area contributed by atoms with Crippen LogP contribution in [0.1, 0.15) is 13.3 Å². The van der Waals surface area contributed by atoms with E-state index in [1.54, 1.807) is 13.0 Å². The maximum absolute atomic E-state index is 12.5. The zero-order valence-electron chi connectivity index (χ0n) is 11.1. The van der Waals surface area contributed by atoms with Gasteiger partial charge in [-0.25, -0.2) is 8.42 Å². The number of sulfonamides is 1. The van der Waals surface area contributed by atoms with Crippen molar-refractivity contribution in [3.05, 3.63) is 18.2 Å². The van der Waals surface area contributed by atoms with Crippen LogP contribution < -0.4 is 10.5 Å². The molecule has 0 aliphatic carbocycles. The first-order valence-corrected chi connectivity index (χ1v) is 7.07. The van der Waals surface area contributed by atoms with Crippen molar-refractivity contribution in [2.45, 2.75) is 24.3 Å². The fourth-order valence-corrected chi connectivity index (χ4v) is 3.10. The number of nitriles is 1. The highest BCUT2D eigenvalue weighted by Crippen LogP contribution is 2.29. The summed E-state index contributed by atoms with van der Waals surface area (Å²) in [5, 5.41) is 8.65. The lowest BCUT2D eigenvalue weighted by Crippen LogP contribution is -2.35. The number of rotatable bonds is 5. The molecule has 0 heterocycles. The highest BCUT2D eigenvalue weighted by Gasteiger charge is 2.28. The highest BCUT2D eigenvalue weighted by atomic mass is 32.2. The van der Waals surface area contributed by atoms with E-state index in [1.807, 2.05) is 6.07 Å². The van der Waals surface area contributed by atoms with Crippen LogP contribution in [0.15, 0.2) is 23.1 Å².